The van der Waals surface area contributed by atoms with E-state index in [0.29, 0.717) is 28.8 Å². The lowest BCUT2D eigenvalue weighted by molar-refractivity contribution is -0.181. The van der Waals surface area contributed by atoms with E-state index < -0.39 is 0 Å². The van der Waals surface area contributed by atoms with Crippen LogP contribution in [-0.4, -0.2) is 34.0 Å². The molecule has 0 aromatic rings. The van der Waals surface area contributed by atoms with Crippen LogP contribution in [0.1, 0.15) is 214 Å². The zero-order chi connectivity index (χ0) is 37.6. The Morgan fingerprint density at radius 1 is 0.688 bits per heavy atom. The number of hydrogen-bond acceptors (Lipinski definition) is 4. The van der Waals surface area contributed by atoms with Gasteiger partial charge in [0.15, 0.2) is 0 Å². The largest absolute Gasteiger partial charge is 0.393 e. The summed E-state index contributed by atoms with van der Waals surface area (Å²) in [6.45, 7) is 35.2. The highest BCUT2D eigenvalue weighted by atomic mass is 16.3. The van der Waals surface area contributed by atoms with Crippen LogP contribution in [0.15, 0.2) is 0 Å². The topological polar surface area (TPSA) is 74.6 Å². The summed E-state index contributed by atoms with van der Waals surface area (Å²) in [5, 5.41) is 19.8. The molecule has 4 aliphatic carbocycles. The average molecular weight is 677 g/mol. The number of carbonyl (C=O) groups excluding carboxylic acids is 2. The third kappa shape index (κ3) is 7.71. The summed E-state index contributed by atoms with van der Waals surface area (Å²) in [6.07, 6.45) is 16.9. The van der Waals surface area contributed by atoms with Crippen molar-refractivity contribution in [3.63, 3.8) is 0 Å². The first-order valence-corrected chi connectivity index (χ1v) is 20.4. The van der Waals surface area contributed by atoms with Crippen molar-refractivity contribution in [3.8, 4) is 0 Å². The molecule has 0 radical (unpaired) electrons. The summed E-state index contributed by atoms with van der Waals surface area (Å²) in [5.74, 6) is 0.970. The lowest BCUT2D eigenvalue weighted by atomic mass is 9.46. The van der Waals surface area contributed by atoms with Gasteiger partial charge in [-0.25, -0.2) is 0 Å². The molecule has 4 aliphatic rings. The van der Waals surface area contributed by atoms with Crippen molar-refractivity contribution in [1.82, 2.24) is 0 Å². The molecular weight excluding hydrogens is 592 g/mol. The minimum atomic E-state index is -0.0914. The molecule has 2 N–H and O–H groups in total. The molecule has 0 aromatic carbocycles. The van der Waals surface area contributed by atoms with Crippen molar-refractivity contribution < 1.29 is 19.8 Å². The number of aliphatic hydroxyl groups is 2. The molecule has 0 bridgehead atoms. The van der Waals surface area contributed by atoms with E-state index >= 15 is 0 Å². The van der Waals surface area contributed by atoms with Gasteiger partial charge < -0.3 is 10.2 Å². The molecule has 0 heterocycles. The highest BCUT2D eigenvalue weighted by molar-refractivity contribution is 5.92. The van der Waals surface area contributed by atoms with Gasteiger partial charge in [-0.2, -0.15) is 0 Å². The first-order chi connectivity index (χ1) is 22.0. The maximum atomic E-state index is 11.8. The first kappa shape index (κ1) is 45.3. The molecule has 4 fully saturated rings. The van der Waals surface area contributed by atoms with Crippen LogP contribution in [0.25, 0.3) is 0 Å². The zero-order valence-corrected chi connectivity index (χ0v) is 35.2. The van der Waals surface area contributed by atoms with Gasteiger partial charge in [-0.15, -0.1) is 0 Å². The van der Waals surface area contributed by atoms with E-state index in [2.05, 4.69) is 104 Å². The van der Waals surface area contributed by atoms with Crippen LogP contribution in [0, 0.1) is 43.3 Å². The fourth-order valence-corrected chi connectivity index (χ4v) is 11.3. The van der Waals surface area contributed by atoms with E-state index in [1.807, 2.05) is 6.92 Å². The van der Waals surface area contributed by atoms with E-state index in [9.17, 15) is 19.8 Å². The number of ketones is 2. The molecule has 0 aromatic heterocycles. The second-order valence-electron chi connectivity index (χ2n) is 18.9. The van der Waals surface area contributed by atoms with E-state index in [0.717, 1.165) is 64.2 Å². The highest BCUT2D eigenvalue weighted by Crippen LogP contribution is 2.62. The van der Waals surface area contributed by atoms with E-state index in [1.54, 1.807) is 0 Å². The van der Waals surface area contributed by atoms with Gasteiger partial charge in [0.2, 0.25) is 0 Å². The quantitative estimate of drug-likeness (QED) is 0.216. The van der Waals surface area contributed by atoms with Gasteiger partial charge in [-0.05, 0) is 98.7 Å². The fourth-order valence-electron chi connectivity index (χ4n) is 11.3. The van der Waals surface area contributed by atoms with Crippen LogP contribution in [0.3, 0.4) is 0 Å². The summed E-state index contributed by atoms with van der Waals surface area (Å²) in [4.78, 5) is 23.4. The predicted octanol–water partition coefficient (Wildman–Crippen LogP) is 12.3. The minimum Gasteiger partial charge on any atom is -0.393 e. The lowest BCUT2D eigenvalue weighted by Crippen LogP contribution is -2.58. The molecule has 4 rings (SSSR count). The van der Waals surface area contributed by atoms with Gasteiger partial charge in [0.25, 0.3) is 0 Å². The normalized spacial score (nSPS) is 35.2. The van der Waals surface area contributed by atoms with Crippen molar-refractivity contribution in [2.45, 2.75) is 226 Å². The van der Waals surface area contributed by atoms with E-state index in [4.69, 9.17) is 0 Å². The lowest BCUT2D eigenvalue weighted by Gasteiger charge is -2.60. The van der Waals surface area contributed by atoms with Crippen LogP contribution in [0.2, 0.25) is 0 Å². The SMILES string of the molecule is CCC(=O)C1(CC)CCC1(C)C.CCC(O)C1(CC)CCC1(C)C.CCCC1(CC)C(=O)CC1(C)C.CCCC1(CC)C(O)CC1(C)C. The van der Waals surface area contributed by atoms with Crippen LogP contribution >= 0.6 is 0 Å². The van der Waals surface area contributed by atoms with Gasteiger partial charge in [-0.3, -0.25) is 9.59 Å². The Balaban J connectivity index is 0.000000320. The molecule has 6 atom stereocenters. The highest BCUT2D eigenvalue weighted by Gasteiger charge is 2.59. The standard InChI is InChI=1S/C11H22O.C11H20O.C11H22O.C11H20O/c2*1-5-9(12)11(6-2)8-7-10(11,3)4;2*1-5-7-11(6-2)9(12)8-10(11,3)4/h9,12H,5-8H2,1-4H3;5-8H2,1-4H3;9,12H,5-8H2,1-4H3;5-8H2,1-4H3. The number of rotatable bonds is 12. The molecule has 0 aliphatic heterocycles. The van der Waals surface area contributed by atoms with Crippen LogP contribution in [-0.2, 0) is 9.59 Å². The molecule has 6 unspecified atom stereocenters. The van der Waals surface area contributed by atoms with Gasteiger partial charge in [-0.1, -0.05) is 124 Å². The Morgan fingerprint density at radius 3 is 1.35 bits per heavy atom. The third-order valence-electron chi connectivity index (χ3n) is 15.9. The van der Waals surface area contributed by atoms with Crippen molar-refractivity contribution in [1.29, 1.82) is 0 Å². The minimum absolute atomic E-state index is 0.0295. The average Bonchev–Trinajstić information content (AvgIpc) is 3.02. The summed E-state index contributed by atoms with van der Waals surface area (Å²) in [7, 11) is 0. The Labute approximate surface area is 299 Å². The Bertz CT molecular complexity index is 1010. The van der Waals surface area contributed by atoms with Gasteiger partial charge >= 0.3 is 0 Å². The maximum absolute atomic E-state index is 11.8. The second kappa shape index (κ2) is 16.7. The number of aliphatic hydroxyl groups excluding tert-OH is 2. The fraction of sp³-hybridized carbons (Fsp3) is 0.955. The maximum Gasteiger partial charge on any atom is 0.140 e. The van der Waals surface area contributed by atoms with Crippen LogP contribution < -0.4 is 0 Å². The molecule has 4 nitrogen and oxygen atoms in total. The Morgan fingerprint density at radius 2 is 1.23 bits per heavy atom. The summed E-state index contributed by atoms with van der Waals surface area (Å²) in [6, 6.07) is 0. The van der Waals surface area contributed by atoms with Gasteiger partial charge in [0.1, 0.15) is 11.6 Å². The molecule has 4 saturated carbocycles. The zero-order valence-electron chi connectivity index (χ0n) is 35.2. The third-order valence-corrected chi connectivity index (χ3v) is 15.9. The Hall–Kier alpha value is -0.740. The molecule has 284 valence electrons. The van der Waals surface area contributed by atoms with Crippen molar-refractivity contribution >= 4 is 11.6 Å². The molecule has 0 spiro atoms. The van der Waals surface area contributed by atoms with Crippen molar-refractivity contribution in [3.05, 3.63) is 0 Å². The van der Waals surface area contributed by atoms with E-state index in [-0.39, 0.29) is 44.7 Å². The summed E-state index contributed by atoms with van der Waals surface area (Å²) >= 11 is 0. The number of hydrogen-bond donors (Lipinski definition) is 2. The van der Waals surface area contributed by atoms with Gasteiger partial charge in [0, 0.05) is 34.5 Å². The van der Waals surface area contributed by atoms with Crippen molar-refractivity contribution in [2.24, 2.45) is 43.3 Å². The molecular formula is C44H84O4. The smallest absolute Gasteiger partial charge is 0.140 e. The van der Waals surface area contributed by atoms with Crippen molar-refractivity contribution in [2.75, 3.05) is 0 Å². The second-order valence-corrected chi connectivity index (χ2v) is 18.9. The predicted molar refractivity (Wildman–Crippen MR) is 206 cm³/mol. The summed E-state index contributed by atoms with van der Waals surface area (Å²) in [5.41, 5.74) is 1.74. The van der Waals surface area contributed by atoms with Gasteiger partial charge in [0.05, 0.1) is 12.2 Å². The first-order valence-electron chi connectivity index (χ1n) is 20.4. The monoisotopic (exact) mass is 677 g/mol. The van der Waals surface area contributed by atoms with E-state index in [1.165, 1.54) is 32.1 Å². The molecule has 48 heavy (non-hydrogen) atoms. The number of carbonyl (C=O) groups is 2. The van der Waals surface area contributed by atoms with Crippen LogP contribution in [0.5, 0.6) is 0 Å². The molecule has 0 amide bonds. The Kier molecular flexibility index (Phi) is 15.8. The molecule has 0 saturated heterocycles. The van der Waals surface area contributed by atoms with Crippen LogP contribution in [0.4, 0.5) is 0 Å². The molecule has 4 heteroatoms. The summed E-state index contributed by atoms with van der Waals surface area (Å²) < 4.78 is 0. The number of Topliss-reactive ketones (excluding diaryl/α,β-unsaturated/α-hetero) is 2.